The molecule has 0 rings (SSSR count). The van der Waals surface area contributed by atoms with Gasteiger partial charge in [0.25, 0.3) is 0 Å². The average Bonchev–Trinajstić information content (AvgIpc) is 0.918. The maximum Gasteiger partial charge on any atom is 0.472 e. The van der Waals surface area contributed by atoms with E-state index in [4.69, 9.17) is 37.0 Å². The first-order valence-corrected chi connectivity index (χ1v) is 47.0. The van der Waals surface area contributed by atoms with Crippen LogP contribution in [0.1, 0.15) is 447 Å². The van der Waals surface area contributed by atoms with Gasteiger partial charge in [-0.05, 0) is 43.4 Å². The molecular formula is C85H166O17P2. The van der Waals surface area contributed by atoms with Crippen molar-refractivity contribution < 1.29 is 80.2 Å². The maximum atomic E-state index is 13.1. The number of unbranched alkanes of at least 4 members (excludes halogenated alkanes) is 48. The third-order valence-electron chi connectivity index (χ3n) is 21.0. The summed E-state index contributed by atoms with van der Waals surface area (Å²) in [6.07, 6.45) is 65.2. The van der Waals surface area contributed by atoms with Crippen LogP contribution in [0.3, 0.4) is 0 Å². The minimum Gasteiger partial charge on any atom is -0.462 e. The van der Waals surface area contributed by atoms with Crippen LogP contribution in [0, 0.1) is 17.8 Å². The fourth-order valence-electron chi connectivity index (χ4n) is 13.1. The van der Waals surface area contributed by atoms with E-state index in [-0.39, 0.29) is 25.7 Å². The van der Waals surface area contributed by atoms with Crippen molar-refractivity contribution in [1.82, 2.24) is 0 Å². The predicted octanol–water partition coefficient (Wildman–Crippen LogP) is 25.7. The summed E-state index contributed by atoms with van der Waals surface area (Å²) in [5.74, 6) is 0.346. The molecule has 0 saturated carbocycles. The number of rotatable bonds is 83. The van der Waals surface area contributed by atoms with Crippen molar-refractivity contribution in [3.05, 3.63) is 0 Å². The summed E-state index contributed by atoms with van der Waals surface area (Å²) in [6.45, 7) is 12.1. The number of hydrogen-bond acceptors (Lipinski definition) is 15. The highest BCUT2D eigenvalue weighted by atomic mass is 31.2. The summed E-state index contributed by atoms with van der Waals surface area (Å²) >= 11 is 0. The van der Waals surface area contributed by atoms with Crippen molar-refractivity contribution in [2.45, 2.75) is 465 Å². The summed E-state index contributed by atoms with van der Waals surface area (Å²) in [7, 11) is -9.93. The Balaban J connectivity index is 5.23. The summed E-state index contributed by atoms with van der Waals surface area (Å²) in [5.41, 5.74) is 0. The van der Waals surface area contributed by atoms with E-state index in [1.165, 1.54) is 250 Å². The first kappa shape index (κ1) is 102. The second-order valence-electron chi connectivity index (χ2n) is 31.3. The van der Waals surface area contributed by atoms with Gasteiger partial charge in [0.05, 0.1) is 26.4 Å². The molecule has 0 fully saturated rings. The smallest absolute Gasteiger partial charge is 0.462 e. The first-order chi connectivity index (χ1) is 50.3. The van der Waals surface area contributed by atoms with Crippen LogP contribution in [0.25, 0.3) is 0 Å². The van der Waals surface area contributed by atoms with E-state index in [1.807, 2.05) is 0 Å². The Hall–Kier alpha value is -1.94. The fraction of sp³-hybridized carbons (Fsp3) is 0.953. The lowest BCUT2D eigenvalue weighted by atomic mass is 9.99. The van der Waals surface area contributed by atoms with Crippen LogP contribution in [0.2, 0.25) is 0 Å². The van der Waals surface area contributed by atoms with Crippen molar-refractivity contribution in [1.29, 1.82) is 0 Å². The van der Waals surface area contributed by atoms with Gasteiger partial charge in [-0.15, -0.1) is 0 Å². The number of esters is 4. The number of carbonyl (C=O) groups is 4. The molecular weight excluding hydrogens is 1350 g/mol. The number of phosphoric acid groups is 2. The third-order valence-corrected chi connectivity index (χ3v) is 22.9. The molecule has 0 bridgehead atoms. The Morgan fingerprint density at radius 1 is 0.269 bits per heavy atom. The van der Waals surface area contributed by atoms with Gasteiger partial charge in [0.15, 0.2) is 12.2 Å². The standard InChI is InChI=1S/C85H166O17P2/c1-8-12-13-14-15-16-17-18-29-35-40-45-54-61-68-85(90)102-81(73-96-83(88)67-60-53-48-47-51-58-65-78(7)11-4)75-100-104(93,94)98-71-79(86)70-97-103(91,92)99-74-80(72-95-82(87)66-59-52-44-39-34-30-26-25-28-33-38-43-50-57-64-77(6)10-3)101-84(89)69-62-55-46-41-36-31-24-22-20-19-21-23-27-32-37-42-49-56-63-76(5)9-2/h76-81,86H,8-75H2,1-7H3,(H,91,92)(H,93,94)/t76?,77?,78?,79-,80-,81-/m1/s1. The van der Waals surface area contributed by atoms with Gasteiger partial charge in [0, 0.05) is 25.7 Å². The molecule has 17 nitrogen and oxygen atoms in total. The summed E-state index contributed by atoms with van der Waals surface area (Å²) in [4.78, 5) is 73.2. The van der Waals surface area contributed by atoms with E-state index in [1.54, 1.807) is 0 Å². The third kappa shape index (κ3) is 74.2. The van der Waals surface area contributed by atoms with Gasteiger partial charge in [-0.2, -0.15) is 0 Å². The second-order valence-corrected chi connectivity index (χ2v) is 34.2. The minimum absolute atomic E-state index is 0.107. The Kier molecular flexibility index (Phi) is 73.7. The number of aliphatic hydroxyl groups is 1. The number of hydrogen-bond donors (Lipinski definition) is 3. The predicted molar refractivity (Wildman–Crippen MR) is 428 cm³/mol. The Morgan fingerprint density at radius 2 is 0.462 bits per heavy atom. The molecule has 3 N–H and O–H groups in total. The van der Waals surface area contributed by atoms with Gasteiger partial charge in [-0.25, -0.2) is 9.13 Å². The van der Waals surface area contributed by atoms with Crippen LogP contribution in [0.5, 0.6) is 0 Å². The molecule has 0 aromatic heterocycles. The first-order valence-electron chi connectivity index (χ1n) is 44.0. The molecule has 0 heterocycles. The Morgan fingerprint density at radius 3 is 0.683 bits per heavy atom. The second kappa shape index (κ2) is 75.1. The summed E-state index contributed by atoms with van der Waals surface area (Å²) < 4.78 is 68.8. The molecule has 104 heavy (non-hydrogen) atoms. The van der Waals surface area contributed by atoms with Crippen molar-refractivity contribution in [3.8, 4) is 0 Å². The summed E-state index contributed by atoms with van der Waals surface area (Å²) in [5, 5.41) is 10.7. The minimum atomic E-state index is -4.97. The van der Waals surface area contributed by atoms with E-state index < -0.39 is 97.5 Å². The van der Waals surface area contributed by atoms with Crippen molar-refractivity contribution in [2.24, 2.45) is 17.8 Å². The van der Waals surface area contributed by atoms with Crippen molar-refractivity contribution >= 4 is 39.5 Å². The van der Waals surface area contributed by atoms with Crippen LogP contribution in [-0.4, -0.2) is 96.7 Å². The molecule has 5 unspecified atom stereocenters. The SMILES string of the molecule is CCCCCCCCCCCCCCCCC(=O)O[C@H](COC(=O)CCCCCCCCC(C)CC)COP(=O)(O)OC[C@H](O)COP(=O)(O)OC[C@@H](COC(=O)CCCCCCCCCCCCCCCCC(C)CC)OC(=O)CCCCCCCCCCCCCCCCCCCCC(C)CC. The van der Waals surface area contributed by atoms with Gasteiger partial charge in [-0.1, -0.05) is 395 Å². The molecule has 8 atom stereocenters. The molecule has 0 spiro atoms. The zero-order valence-electron chi connectivity index (χ0n) is 68.5. The largest absolute Gasteiger partial charge is 0.472 e. The highest BCUT2D eigenvalue weighted by molar-refractivity contribution is 7.47. The van der Waals surface area contributed by atoms with Crippen LogP contribution >= 0.6 is 15.6 Å². The Bertz CT molecular complexity index is 2010. The van der Waals surface area contributed by atoms with E-state index in [0.29, 0.717) is 25.7 Å². The molecule has 19 heteroatoms. The zero-order chi connectivity index (χ0) is 76.5. The molecule has 0 saturated heterocycles. The number of aliphatic hydroxyl groups excluding tert-OH is 1. The number of ether oxygens (including phenoxy) is 4. The van der Waals surface area contributed by atoms with Crippen molar-refractivity contribution in [2.75, 3.05) is 39.6 Å². The fourth-order valence-corrected chi connectivity index (χ4v) is 14.7. The molecule has 0 aliphatic rings. The van der Waals surface area contributed by atoms with Crippen LogP contribution in [0.15, 0.2) is 0 Å². The average molecular weight is 1520 g/mol. The van der Waals surface area contributed by atoms with Gasteiger partial charge >= 0.3 is 39.5 Å². The van der Waals surface area contributed by atoms with Crippen LogP contribution in [0.4, 0.5) is 0 Å². The van der Waals surface area contributed by atoms with Crippen LogP contribution in [-0.2, 0) is 65.4 Å². The topological polar surface area (TPSA) is 237 Å². The van der Waals surface area contributed by atoms with E-state index in [2.05, 4.69) is 48.5 Å². The number of phosphoric ester groups is 2. The molecule has 0 radical (unpaired) electrons. The van der Waals surface area contributed by atoms with Gasteiger partial charge in [0.1, 0.15) is 19.3 Å². The van der Waals surface area contributed by atoms with E-state index in [0.717, 1.165) is 114 Å². The van der Waals surface area contributed by atoms with Gasteiger partial charge < -0.3 is 33.8 Å². The van der Waals surface area contributed by atoms with E-state index >= 15 is 0 Å². The molecule has 0 aromatic rings. The quantitative estimate of drug-likeness (QED) is 0.0222. The monoisotopic (exact) mass is 1520 g/mol. The lowest BCUT2D eigenvalue weighted by molar-refractivity contribution is -0.161. The maximum absolute atomic E-state index is 13.1. The highest BCUT2D eigenvalue weighted by Gasteiger charge is 2.30. The molecule has 0 amide bonds. The van der Waals surface area contributed by atoms with Gasteiger partial charge in [0.2, 0.25) is 0 Å². The van der Waals surface area contributed by atoms with Crippen molar-refractivity contribution in [3.63, 3.8) is 0 Å². The molecule has 0 aliphatic heterocycles. The lowest BCUT2D eigenvalue weighted by Gasteiger charge is -2.21. The summed E-state index contributed by atoms with van der Waals surface area (Å²) in [6, 6.07) is 0. The zero-order valence-corrected chi connectivity index (χ0v) is 70.3. The van der Waals surface area contributed by atoms with Crippen LogP contribution < -0.4 is 0 Å². The van der Waals surface area contributed by atoms with Gasteiger partial charge in [-0.3, -0.25) is 37.3 Å². The number of carbonyl (C=O) groups excluding carboxylic acids is 4. The molecule has 0 aliphatic carbocycles. The molecule has 618 valence electrons. The Labute approximate surface area is 638 Å². The van der Waals surface area contributed by atoms with E-state index in [9.17, 15) is 43.2 Å². The normalized spacial score (nSPS) is 14.7. The highest BCUT2D eigenvalue weighted by Crippen LogP contribution is 2.45. The lowest BCUT2D eigenvalue weighted by Crippen LogP contribution is -2.30. The molecule has 0 aromatic carbocycles.